The van der Waals surface area contributed by atoms with Gasteiger partial charge in [-0.05, 0) is 47.4 Å². The Kier molecular flexibility index (Phi) is 6.86. The zero-order valence-electron chi connectivity index (χ0n) is 18.3. The summed E-state index contributed by atoms with van der Waals surface area (Å²) in [4.78, 5) is 17.8. The van der Waals surface area contributed by atoms with Crippen LogP contribution in [0.4, 0.5) is 0 Å². The highest BCUT2D eigenvalue weighted by atomic mass is 16.5. The lowest BCUT2D eigenvalue weighted by Crippen LogP contribution is -2.51. The first kappa shape index (κ1) is 21.1. The number of aryl methyl sites for hydroxylation is 2. The number of fused-ring (bicyclic) bond motifs is 1. The van der Waals surface area contributed by atoms with Gasteiger partial charge in [0, 0.05) is 32.7 Å². The molecule has 1 fully saturated rings. The molecule has 2 aromatic rings. The van der Waals surface area contributed by atoms with Gasteiger partial charge in [-0.25, -0.2) is 0 Å². The van der Waals surface area contributed by atoms with Crippen LogP contribution in [-0.4, -0.2) is 48.1 Å². The van der Waals surface area contributed by atoms with Gasteiger partial charge in [0.05, 0.1) is 6.61 Å². The van der Waals surface area contributed by atoms with Crippen LogP contribution >= 0.6 is 0 Å². The molecule has 4 heteroatoms. The van der Waals surface area contributed by atoms with Gasteiger partial charge in [-0.2, -0.15) is 0 Å². The molecule has 0 spiro atoms. The van der Waals surface area contributed by atoms with E-state index in [1.165, 1.54) is 41.5 Å². The van der Waals surface area contributed by atoms with Crippen molar-refractivity contribution in [1.29, 1.82) is 0 Å². The quantitative estimate of drug-likeness (QED) is 0.695. The molecule has 1 aliphatic carbocycles. The second-order valence-electron chi connectivity index (χ2n) is 9.15. The summed E-state index contributed by atoms with van der Waals surface area (Å²) in [5, 5.41) is 0. The molecule has 1 saturated heterocycles. The second kappa shape index (κ2) is 9.76. The van der Waals surface area contributed by atoms with Gasteiger partial charge in [0.1, 0.15) is 6.10 Å². The van der Waals surface area contributed by atoms with E-state index in [0.29, 0.717) is 25.6 Å². The highest BCUT2D eigenvalue weighted by Gasteiger charge is 2.30. The van der Waals surface area contributed by atoms with Gasteiger partial charge in [-0.15, -0.1) is 0 Å². The summed E-state index contributed by atoms with van der Waals surface area (Å²) in [6, 6.07) is 17.2. The number of amides is 1. The monoisotopic (exact) mass is 406 g/mol. The van der Waals surface area contributed by atoms with Gasteiger partial charge in [-0.3, -0.25) is 9.69 Å². The van der Waals surface area contributed by atoms with Crippen LogP contribution in [0.3, 0.4) is 0 Å². The number of rotatable bonds is 7. The SMILES string of the molecule is CC(C)CN(Cc1ccc2c(c1)CCC2)C(=O)C1CN(Cc2ccccc2)CCO1. The maximum Gasteiger partial charge on any atom is 0.253 e. The van der Waals surface area contributed by atoms with Gasteiger partial charge in [0.25, 0.3) is 5.91 Å². The number of morpholine rings is 1. The molecule has 1 unspecified atom stereocenters. The first-order valence-corrected chi connectivity index (χ1v) is 11.4. The number of hydrogen-bond donors (Lipinski definition) is 0. The highest BCUT2D eigenvalue weighted by molar-refractivity contribution is 5.81. The maximum atomic E-state index is 13.4. The van der Waals surface area contributed by atoms with E-state index in [2.05, 4.69) is 61.2 Å². The molecular weight excluding hydrogens is 372 g/mol. The summed E-state index contributed by atoms with van der Waals surface area (Å²) in [5.41, 5.74) is 5.46. The fourth-order valence-corrected chi connectivity index (χ4v) is 4.66. The van der Waals surface area contributed by atoms with E-state index in [0.717, 1.165) is 19.6 Å². The summed E-state index contributed by atoms with van der Waals surface area (Å²) in [6.45, 7) is 8.77. The third-order valence-electron chi connectivity index (χ3n) is 6.11. The van der Waals surface area contributed by atoms with E-state index < -0.39 is 0 Å². The summed E-state index contributed by atoms with van der Waals surface area (Å²) in [7, 11) is 0. The van der Waals surface area contributed by atoms with E-state index in [9.17, 15) is 4.79 Å². The first-order chi connectivity index (χ1) is 14.6. The number of hydrogen-bond acceptors (Lipinski definition) is 3. The van der Waals surface area contributed by atoms with Crippen LogP contribution in [0, 0.1) is 5.92 Å². The third-order valence-corrected chi connectivity index (χ3v) is 6.11. The van der Waals surface area contributed by atoms with Gasteiger partial charge < -0.3 is 9.64 Å². The Morgan fingerprint density at radius 3 is 2.70 bits per heavy atom. The van der Waals surface area contributed by atoms with Crippen LogP contribution in [0.1, 0.15) is 42.5 Å². The fraction of sp³-hybridized carbons (Fsp3) is 0.500. The van der Waals surface area contributed by atoms with Gasteiger partial charge >= 0.3 is 0 Å². The lowest BCUT2D eigenvalue weighted by atomic mass is 10.0. The molecule has 0 saturated carbocycles. The standard InChI is InChI=1S/C26H34N2O2/c1-20(2)16-28(18-22-11-12-23-9-6-10-24(23)15-22)26(29)25-19-27(13-14-30-25)17-21-7-4-3-5-8-21/h3-5,7-8,11-12,15,20,25H,6,9-10,13-14,16-19H2,1-2H3. The van der Waals surface area contributed by atoms with Gasteiger partial charge in [0.2, 0.25) is 0 Å². The second-order valence-corrected chi connectivity index (χ2v) is 9.15. The largest absolute Gasteiger partial charge is 0.366 e. The van der Waals surface area contributed by atoms with Gasteiger partial charge in [-0.1, -0.05) is 62.4 Å². The topological polar surface area (TPSA) is 32.8 Å². The molecular formula is C26H34N2O2. The zero-order chi connectivity index (χ0) is 20.9. The molecule has 1 amide bonds. The molecule has 2 aromatic carbocycles. The van der Waals surface area contributed by atoms with E-state index >= 15 is 0 Å². The Balaban J connectivity index is 1.43. The molecule has 2 aliphatic rings. The van der Waals surface area contributed by atoms with Crippen molar-refractivity contribution in [3.05, 3.63) is 70.8 Å². The molecule has 0 bridgehead atoms. The predicted molar refractivity (Wildman–Crippen MR) is 120 cm³/mol. The molecule has 1 atom stereocenters. The van der Waals surface area contributed by atoms with E-state index in [4.69, 9.17) is 4.74 Å². The predicted octanol–water partition coefficient (Wildman–Crippen LogP) is 4.06. The minimum atomic E-state index is -0.379. The number of nitrogens with zero attached hydrogens (tertiary/aromatic N) is 2. The van der Waals surface area contributed by atoms with Crippen LogP contribution in [0.15, 0.2) is 48.5 Å². The Morgan fingerprint density at radius 2 is 1.90 bits per heavy atom. The van der Waals surface area contributed by atoms with Crippen molar-refractivity contribution in [2.24, 2.45) is 5.92 Å². The van der Waals surface area contributed by atoms with Crippen LogP contribution in [0.25, 0.3) is 0 Å². The number of carbonyl (C=O) groups is 1. The molecule has 1 heterocycles. The minimum absolute atomic E-state index is 0.127. The third kappa shape index (κ3) is 5.30. The van der Waals surface area contributed by atoms with Crippen LogP contribution in [0.5, 0.6) is 0 Å². The molecule has 30 heavy (non-hydrogen) atoms. The van der Waals surface area contributed by atoms with Crippen LogP contribution in [0.2, 0.25) is 0 Å². The van der Waals surface area contributed by atoms with Crippen molar-refractivity contribution in [3.63, 3.8) is 0 Å². The van der Waals surface area contributed by atoms with Crippen molar-refractivity contribution in [3.8, 4) is 0 Å². The minimum Gasteiger partial charge on any atom is -0.366 e. The van der Waals surface area contributed by atoms with Crippen LogP contribution in [-0.2, 0) is 35.5 Å². The Hall–Kier alpha value is -2.17. The first-order valence-electron chi connectivity index (χ1n) is 11.4. The van der Waals surface area contributed by atoms with Crippen molar-refractivity contribution in [2.45, 2.75) is 52.3 Å². The fourth-order valence-electron chi connectivity index (χ4n) is 4.66. The van der Waals surface area contributed by atoms with E-state index in [1.54, 1.807) is 0 Å². The molecule has 1 aliphatic heterocycles. The van der Waals surface area contributed by atoms with Crippen molar-refractivity contribution in [2.75, 3.05) is 26.2 Å². The summed E-state index contributed by atoms with van der Waals surface area (Å²) in [5.74, 6) is 0.550. The maximum absolute atomic E-state index is 13.4. The smallest absolute Gasteiger partial charge is 0.253 e. The molecule has 0 aromatic heterocycles. The average Bonchev–Trinajstić information content (AvgIpc) is 3.21. The van der Waals surface area contributed by atoms with E-state index in [1.807, 2.05) is 11.0 Å². The average molecular weight is 407 g/mol. The number of carbonyl (C=O) groups excluding carboxylic acids is 1. The number of ether oxygens (including phenoxy) is 1. The lowest BCUT2D eigenvalue weighted by Gasteiger charge is -2.35. The Morgan fingerprint density at radius 1 is 1.10 bits per heavy atom. The Labute approximate surface area is 180 Å². The van der Waals surface area contributed by atoms with E-state index in [-0.39, 0.29) is 12.0 Å². The molecule has 160 valence electrons. The van der Waals surface area contributed by atoms with Crippen LogP contribution < -0.4 is 0 Å². The summed E-state index contributed by atoms with van der Waals surface area (Å²) in [6.07, 6.45) is 3.23. The van der Waals surface area contributed by atoms with Crippen molar-refractivity contribution in [1.82, 2.24) is 9.80 Å². The summed E-state index contributed by atoms with van der Waals surface area (Å²) >= 11 is 0. The zero-order valence-corrected chi connectivity index (χ0v) is 18.3. The normalized spacial score (nSPS) is 19.1. The molecule has 4 rings (SSSR count). The van der Waals surface area contributed by atoms with Gasteiger partial charge in [0.15, 0.2) is 0 Å². The molecule has 4 nitrogen and oxygen atoms in total. The highest BCUT2D eigenvalue weighted by Crippen LogP contribution is 2.24. The molecule has 0 radical (unpaired) electrons. The van der Waals surface area contributed by atoms with Crippen molar-refractivity contribution < 1.29 is 9.53 Å². The number of benzene rings is 2. The van der Waals surface area contributed by atoms with Crippen molar-refractivity contribution >= 4 is 5.91 Å². The molecule has 0 N–H and O–H groups in total. The Bertz CT molecular complexity index is 849. The summed E-state index contributed by atoms with van der Waals surface area (Å²) < 4.78 is 5.95. The lowest BCUT2D eigenvalue weighted by molar-refractivity contribution is -0.151.